The summed E-state index contributed by atoms with van der Waals surface area (Å²) in [5, 5.41) is 11.2. The van der Waals surface area contributed by atoms with Crippen molar-refractivity contribution in [3.8, 4) is 5.75 Å². The third-order valence-electron chi connectivity index (χ3n) is 3.96. The smallest absolute Gasteiger partial charge is 0.175 e. The molecule has 0 spiro atoms. The molecule has 1 fully saturated rings. The van der Waals surface area contributed by atoms with E-state index in [9.17, 15) is 5.11 Å². The van der Waals surface area contributed by atoms with Crippen molar-refractivity contribution in [1.82, 2.24) is 0 Å². The van der Waals surface area contributed by atoms with Crippen LogP contribution in [-0.4, -0.2) is 37.8 Å². The number of furan rings is 1. The second-order valence-corrected chi connectivity index (χ2v) is 5.58. The van der Waals surface area contributed by atoms with E-state index in [0.717, 1.165) is 36.8 Å². The molecule has 2 atom stereocenters. The zero-order valence-corrected chi connectivity index (χ0v) is 12.8. The van der Waals surface area contributed by atoms with E-state index < -0.39 is 6.10 Å². The first-order chi connectivity index (χ1) is 10.8. The summed E-state index contributed by atoms with van der Waals surface area (Å²) < 4.78 is 21.9. The van der Waals surface area contributed by atoms with Gasteiger partial charge in [0.15, 0.2) is 17.6 Å². The Labute approximate surface area is 129 Å². The molecule has 22 heavy (non-hydrogen) atoms. The maximum Gasteiger partial charge on any atom is 0.175 e. The molecule has 1 N–H and O–H groups in total. The third kappa shape index (κ3) is 3.43. The summed E-state index contributed by atoms with van der Waals surface area (Å²) in [7, 11) is 1.61. The quantitative estimate of drug-likeness (QED) is 0.889. The molecule has 1 aromatic carbocycles. The van der Waals surface area contributed by atoms with Gasteiger partial charge in [-0.2, -0.15) is 0 Å². The Balaban J connectivity index is 1.61. The van der Waals surface area contributed by atoms with Crippen LogP contribution < -0.4 is 4.74 Å². The standard InChI is InChI=1S/C17H22O5/c1-19-15-6-5-12(14-7-9-21-17(14)15)10-13(18)11-22-16-4-2-3-8-20-16/h5-7,9,13,16,18H,2-4,8,10-11H2,1H3. The van der Waals surface area contributed by atoms with Gasteiger partial charge in [0.1, 0.15) is 0 Å². The lowest BCUT2D eigenvalue weighted by Gasteiger charge is -2.24. The summed E-state index contributed by atoms with van der Waals surface area (Å²) in [6.07, 6.45) is 4.51. The normalized spacial score (nSPS) is 20.2. The predicted octanol–water partition coefficient (Wildman–Crippen LogP) is 2.89. The molecule has 2 heterocycles. The van der Waals surface area contributed by atoms with Crippen LogP contribution in [-0.2, 0) is 15.9 Å². The average Bonchev–Trinajstić information content (AvgIpc) is 3.04. The predicted molar refractivity (Wildman–Crippen MR) is 82.0 cm³/mol. The Bertz CT molecular complexity index is 600. The van der Waals surface area contributed by atoms with Gasteiger partial charge in [-0.1, -0.05) is 6.07 Å². The second kappa shape index (κ2) is 7.13. The van der Waals surface area contributed by atoms with E-state index in [4.69, 9.17) is 18.6 Å². The van der Waals surface area contributed by atoms with Gasteiger partial charge in [0.25, 0.3) is 0 Å². The summed E-state index contributed by atoms with van der Waals surface area (Å²) in [6, 6.07) is 5.71. The van der Waals surface area contributed by atoms with Crippen molar-refractivity contribution in [1.29, 1.82) is 0 Å². The van der Waals surface area contributed by atoms with Crippen LogP contribution in [0.1, 0.15) is 24.8 Å². The summed E-state index contributed by atoms with van der Waals surface area (Å²) in [4.78, 5) is 0. The second-order valence-electron chi connectivity index (χ2n) is 5.58. The number of rotatable bonds is 6. The van der Waals surface area contributed by atoms with Crippen molar-refractivity contribution in [3.05, 3.63) is 30.0 Å². The highest BCUT2D eigenvalue weighted by Gasteiger charge is 2.17. The van der Waals surface area contributed by atoms with Gasteiger partial charge in [-0.3, -0.25) is 0 Å². The molecule has 1 saturated heterocycles. The molecular weight excluding hydrogens is 284 g/mol. The van der Waals surface area contributed by atoms with Crippen LogP contribution in [0.15, 0.2) is 28.9 Å². The van der Waals surface area contributed by atoms with Crippen molar-refractivity contribution in [3.63, 3.8) is 0 Å². The Morgan fingerprint density at radius 1 is 1.32 bits per heavy atom. The molecule has 0 bridgehead atoms. The van der Waals surface area contributed by atoms with Gasteiger partial charge in [0, 0.05) is 18.4 Å². The van der Waals surface area contributed by atoms with E-state index in [1.54, 1.807) is 13.4 Å². The first kappa shape index (κ1) is 15.3. The number of aliphatic hydroxyl groups is 1. The molecule has 0 amide bonds. The summed E-state index contributed by atoms with van der Waals surface area (Å²) in [5.41, 5.74) is 1.73. The number of benzene rings is 1. The lowest BCUT2D eigenvalue weighted by Crippen LogP contribution is -2.27. The van der Waals surface area contributed by atoms with Crippen LogP contribution in [0.2, 0.25) is 0 Å². The number of hydrogen-bond donors (Lipinski definition) is 1. The lowest BCUT2D eigenvalue weighted by molar-refractivity contribution is -0.174. The fraction of sp³-hybridized carbons (Fsp3) is 0.529. The minimum atomic E-state index is -0.572. The first-order valence-corrected chi connectivity index (χ1v) is 7.72. The molecule has 1 aliphatic heterocycles. The van der Waals surface area contributed by atoms with E-state index >= 15 is 0 Å². The van der Waals surface area contributed by atoms with E-state index in [1.165, 1.54) is 0 Å². The van der Waals surface area contributed by atoms with E-state index in [-0.39, 0.29) is 12.9 Å². The molecule has 0 saturated carbocycles. The summed E-state index contributed by atoms with van der Waals surface area (Å²) >= 11 is 0. The minimum Gasteiger partial charge on any atom is -0.493 e. The van der Waals surface area contributed by atoms with Crippen LogP contribution >= 0.6 is 0 Å². The van der Waals surface area contributed by atoms with Crippen molar-refractivity contribution in [2.45, 2.75) is 38.1 Å². The molecule has 0 aliphatic carbocycles. The lowest BCUT2D eigenvalue weighted by atomic mass is 10.0. The molecular formula is C17H22O5. The largest absolute Gasteiger partial charge is 0.493 e. The molecule has 120 valence electrons. The number of fused-ring (bicyclic) bond motifs is 1. The van der Waals surface area contributed by atoms with Gasteiger partial charge in [-0.25, -0.2) is 0 Å². The monoisotopic (exact) mass is 306 g/mol. The van der Waals surface area contributed by atoms with Crippen LogP contribution in [0, 0.1) is 0 Å². The van der Waals surface area contributed by atoms with Gasteiger partial charge >= 0.3 is 0 Å². The average molecular weight is 306 g/mol. The van der Waals surface area contributed by atoms with Gasteiger partial charge in [0.05, 0.1) is 26.1 Å². The maximum absolute atomic E-state index is 10.2. The van der Waals surface area contributed by atoms with Crippen LogP contribution in [0.3, 0.4) is 0 Å². The molecule has 1 aromatic heterocycles. The van der Waals surface area contributed by atoms with Crippen molar-refractivity contribution in [2.24, 2.45) is 0 Å². The van der Waals surface area contributed by atoms with E-state index in [2.05, 4.69) is 0 Å². The third-order valence-corrected chi connectivity index (χ3v) is 3.96. The SMILES string of the molecule is COc1ccc(CC(O)COC2CCCCO2)c2ccoc12. The van der Waals surface area contributed by atoms with E-state index in [1.807, 2.05) is 18.2 Å². The van der Waals surface area contributed by atoms with E-state index in [0.29, 0.717) is 17.8 Å². The summed E-state index contributed by atoms with van der Waals surface area (Å²) in [5.74, 6) is 0.699. The van der Waals surface area contributed by atoms with Crippen molar-refractivity contribution >= 4 is 11.0 Å². The molecule has 0 radical (unpaired) electrons. The zero-order chi connectivity index (χ0) is 15.4. The Hall–Kier alpha value is -1.56. The highest BCUT2D eigenvalue weighted by Crippen LogP contribution is 2.30. The Morgan fingerprint density at radius 3 is 3.00 bits per heavy atom. The minimum absolute atomic E-state index is 0.173. The zero-order valence-electron chi connectivity index (χ0n) is 12.8. The van der Waals surface area contributed by atoms with Crippen LogP contribution in [0.4, 0.5) is 0 Å². The van der Waals surface area contributed by atoms with Gasteiger partial charge < -0.3 is 23.7 Å². The maximum atomic E-state index is 10.2. The van der Waals surface area contributed by atoms with Gasteiger partial charge in [-0.05, 0) is 37.0 Å². The van der Waals surface area contributed by atoms with Crippen molar-refractivity contribution < 1.29 is 23.7 Å². The van der Waals surface area contributed by atoms with Crippen LogP contribution in [0.25, 0.3) is 11.0 Å². The number of methoxy groups -OCH3 is 1. The molecule has 2 aromatic rings. The molecule has 5 heteroatoms. The number of aliphatic hydroxyl groups excluding tert-OH is 1. The molecule has 5 nitrogen and oxygen atoms in total. The molecule has 3 rings (SSSR count). The highest BCUT2D eigenvalue weighted by molar-refractivity contribution is 5.86. The Kier molecular flexibility index (Phi) is 4.97. The fourth-order valence-electron chi connectivity index (χ4n) is 2.81. The fourth-order valence-corrected chi connectivity index (χ4v) is 2.81. The molecule has 1 aliphatic rings. The topological polar surface area (TPSA) is 61.1 Å². The van der Waals surface area contributed by atoms with Gasteiger partial charge in [0.2, 0.25) is 0 Å². The summed E-state index contributed by atoms with van der Waals surface area (Å²) in [6.45, 7) is 1.02. The number of hydrogen-bond acceptors (Lipinski definition) is 5. The first-order valence-electron chi connectivity index (χ1n) is 7.72. The molecule has 2 unspecified atom stereocenters. The van der Waals surface area contributed by atoms with Gasteiger partial charge in [-0.15, -0.1) is 0 Å². The number of ether oxygens (including phenoxy) is 3. The van der Waals surface area contributed by atoms with Crippen molar-refractivity contribution in [2.75, 3.05) is 20.3 Å². The Morgan fingerprint density at radius 2 is 2.23 bits per heavy atom. The highest BCUT2D eigenvalue weighted by atomic mass is 16.7. The van der Waals surface area contributed by atoms with Crippen LogP contribution in [0.5, 0.6) is 5.75 Å².